The number of carbonyl (C=O) groups is 1. The lowest BCUT2D eigenvalue weighted by Crippen LogP contribution is -2.33. The van der Waals surface area contributed by atoms with E-state index in [0.717, 1.165) is 0 Å². The molecule has 1 aliphatic heterocycles. The van der Waals surface area contributed by atoms with Gasteiger partial charge in [-0.15, -0.1) is 0 Å². The molecule has 3 atom stereocenters. The Morgan fingerprint density at radius 2 is 2.37 bits per heavy atom. The van der Waals surface area contributed by atoms with Crippen LogP contribution in [0.3, 0.4) is 0 Å². The van der Waals surface area contributed by atoms with Crippen molar-refractivity contribution >= 4 is 5.97 Å². The Hall–Kier alpha value is -3.43. The molecule has 11 nitrogen and oxygen atoms in total. The first-order chi connectivity index (χ1) is 13.0. The summed E-state index contributed by atoms with van der Waals surface area (Å²) in [5, 5.41) is 3.67. The van der Waals surface area contributed by atoms with Gasteiger partial charge in [0.2, 0.25) is 0 Å². The molecule has 140 valence electrons. The number of ether oxygens (including phenoxy) is 2. The van der Waals surface area contributed by atoms with Gasteiger partial charge in [-0.1, -0.05) is 5.11 Å². The van der Waals surface area contributed by atoms with E-state index < -0.39 is 35.6 Å². The maximum atomic E-state index is 12.0. The number of nitrogens with one attached hydrogen (secondary N) is 1. The molecule has 0 amide bonds. The van der Waals surface area contributed by atoms with Gasteiger partial charge in [0.15, 0.2) is 0 Å². The number of azide groups is 1. The lowest BCUT2D eigenvalue weighted by Gasteiger charge is -2.16. The maximum Gasteiger partial charge on any atom is 0.339 e. The molecule has 1 aliphatic rings. The summed E-state index contributed by atoms with van der Waals surface area (Å²) in [5.41, 5.74) is 8.26. The van der Waals surface area contributed by atoms with Crippen LogP contribution in [0, 0.1) is 6.92 Å². The van der Waals surface area contributed by atoms with E-state index in [2.05, 4.69) is 20.0 Å². The van der Waals surface area contributed by atoms with E-state index in [0.29, 0.717) is 5.56 Å². The molecular formula is C16H16N6O5. The zero-order valence-corrected chi connectivity index (χ0v) is 14.3. The first-order valence-corrected chi connectivity index (χ1v) is 8.08. The van der Waals surface area contributed by atoms with Gasteiger partial charge in [0.25, 0.3) is 5.56 Å². The Morgan fingerprint density at radius 1 is 1.56 bits per heavy atom. The van der Waals surface area contributed by atoms with Gasteiger partial charge in [-0.05, 0) is 24.6 Å². The fourth-order valence-corrected chi connectivity index (χ4v) is 2.75. The lowest BCUT2D eigenvalue weighted by molar-refractivity contribution is -0.0363. The highest BCUT2D eigenvalue weighted by molar-refractivity contribution is 5.88. The third-order valence-corrected chi connectivity index (χ3v) is 4.14. The van der Waals surface area contributed by atoms with Gasteiger partial charge in [-0.3, -0.25) is 19.3 Å². The normalized spacial score (nSPS) is 21.4. The van der Waals surface area contributed by atoms with Crippen LogP contribution in [0.25, 0.3) is 10.4 Å². The Morgan fingerprint density at radius 3 is 3.07 bits per heavy atom. The maximum absolute atomic E-state index is 12.0. The molecule has 11 heteroatoms. The average Bonchev–Trinajstić information content (AvgIpc) is 3.06. The number of rotatable bonds is 5. The van der Waals surface area contributed by atoms with E-state index >= 15 is 0 Å². The fraction of sp³-hybridized carbons (Fsp3) is 0.375. The van der Waals surface area contributed by atoms with Crippen molar-refractivity contribution in [3.63, 3.8) is 0 Å². The third-order valence-electron chi connectivity index (χ3n) is 4.14. The SMILES string of the molecule is Cc1cn([C@H]2CC(N=[N+]=[N-])[C@@H](COC(=O)c3cccnc3)O2)c(=O)[nH]c1=O. The van der Waals surface area contributed by atoms with E-state index in [1.54, 1.807) is 19.1 Å². The molecule has 2 aromatic heterocycles. The van der Waals surface area contributed by atoms with Gasteiger partial charge < -0.3 is 9.47 Å². The van der Waals surface area contributed by atoms with Crippen molar-refractivity contribution in [3.05, 3.63) is 73.1 Å². The van der Waals surface area contributed by atoms with Crippen molar-refractivity contribution in [2.75, 3.05) is 6.61 Å². The molecule has 0 spiro atoms. The molecule has 0 aliphatic carbocycles. The van der Waals surface area contributed by atoms with Crippen LogP contribution < -0.4 is 11.2 Å². The van der Waals surface area contributed by atoms with Crippen molar-refractivity contribution in [1.82, 2.24) is 14.5 Å². The van der Waals surface area contributed by atoms with Crippen LogP contribution in [-0.4, -0.2) is 39.3 Å². The van der Waals surface area contributed by atoms with E-state index in [1.165, 1.54) is 23.2 Å². The lowest BCUT2D eigenvalue weighted by atomic mass is 10.1. The van der Waals surface area contributed by atoms with Crippen LogP contribution in [0.15, 0.2) is 45.4 Å². The van der Waals surface area contributed by atoms with Crippen molar-refractivity contribution in [2.45, 2.75) is 31.7 Å². The predicted octanol–water partition coefficient (Wildman–Crippen LogP) is 1.06. The predicted molar refractivity (Wildman–Crippen MR) is 92.0 cm³/mol. The summed E-state index contributed by atoms with van der Waals surface area (Å²) in [5.74, 6) is -0.591. The number of H-pyrrole nitrogens is 1. The van der Waals surface area contributed by atoms with E-state index in [-0.39, 0.29) is 18.6 Å². The molecular weight excluding hydrogens is 356 g/mol. The summed E-state index contributed by atoms with van der Waals surface area (Å²) in [7, 11) is 0. The second kappa shape index (κ2) is 7.85. The zero-order chi connectivity index (χ0) is 19.4. The van der Waals surface area contributed by atoms with Crippen molar-refractivity contribution < 1.29 is 14.3 Å². The van der Waals surface area contributed by atoms with E-state index in [9.17, 15) is 14.4 Å². The summed E-state index contributed by atoms with van der Waals surface area (Å²) in [6.07, 6.45) is 2.99. The largest absolute Gasteiger partial charge is 0.459 e. The number of hydrogen-bond donors (Lipinski definition) is 1. The van der Waals surface area contributed by atoms with Gasteiger partial charge in [0.05, 0.1) is 11.6 Å². The standard InChI is InChI=1S/C16H16N6O5/c1-9-7-22(16(25)19-14(9)23)13-5-11(20-21-17)12(27-13)8-26-15(24)10-3-2-4-18-6-10/h2-4,6-7,11-13H,5,8H2,1H3,(H,19,23,25)/t11?,12-,13-/m1/s1. The van der Waals surface area contributed by atoms with E-state index in [4.69, 9.17) is 15.0 Å². The summed E-state index contributed by atoms with van der Waals surface area (Å²) >= 11 is 0. The highest BCUT2D eigenvalue weighted by Gasteiger charge is 2.37. The number of aromatic nitrogens is 3. The molecule has 0 radical (unpaired) electrons. The molecule has 1 N–H and O–H groups in total. The topological polar surface area (TPSA) is 152 Å². The minimum atomic E-state index is -0.759. The monoisotopic (exact) mass is 372 g/mol. The summed E-state index contributed by atoms with van der Waals surface area (Å²) in [6.45, 7) is 1.40. The molecule has 0 aromatic carbocycles. The first-order valence-electron chi connectivity index (χ1n) is 8.08. The van der Waals surface area contributed by atoms with Crippen LogP contribution in [0.2, 0.25) is 0 Å². The van der Waals surface area contributed by atoms with Crippen molar-refractivity contribution in [2.24, 2.45) is 5.11 Å². The van der Waals surface area contributed by atoms with Gasteiger partial charge in [-0.25, -0.2) is 9.59 Å². The minimum Gasteiger partial charge on any atom is -0.459 e. The smallest absolute Gasteiger partial charge is 0.339 e. The molecule has 1 saturated heterocycles. The van der Waals surface area contributed by atoms with Crippen LogP contribution in [0.1, 0.15) is 28.6 Å². The zero-order valence-electron chi connectivity index (χ0n) is 14.3. The van der Waals surface area contributed by atoms with Gasteiger partial charge >= 0.3 is 11.7 Å². The summed E-state index contributed by atoms with van der Waals surface area (Å²) in [6, 6.07) is 2.52. The fourth-order valence-electron chi connectivity index (χ4n) is 2.75. The number of aromatic amines is 1. The van der Waals surface area contributed by atoms with Crippen LogP contribution in [-0.2, 0) is 9.47 Å². The first kappa shape index (κ1) is 18.4. The van der Waals surface area contributed by atoms with Gasteiger partial charge in [0, 0.05) is 35.5 Å². The molecule has 0 saturated carbocycles. The molecule has 27 heavy (non-hydrogen) atoms. The minimum absolute atomic E-state index is 0.162. The quantitative estimate of drug-likeness (QED) is 0.358. The molecule has 1 unspecified atom stereocenters. The number of aryl methyl sites for hydroxylation is 1. The highest BCUT2D eigenvalue weighted by Crippen LogP contribution is 2.30. The summed E-state index contributed by atoms with van der Waals surface area (Å²) < 4.78 is 12.2. The highest BCUT2D eigenvalue weighted by atomic mass is 16.6. The average molecular weight is 372 g/mol. The molecule has 2 aromatic rings. The molecule has 0 bridgehead atoms. The number of esters is 1. The Bertz CT molecular complexity index is 994. The molecule has 3 rings (SSSR count). The Balaban J connectivity index is 1.74. The third kappa shape index (κ3) is 4.05. The van der Waals surface area contributed by atoms with Crippen molar-refractivity contribution in [3.8, 4) is 0 Å². The van der Waals surface area contributed by atoms with Crippen LogP contribution >= 0.6 is 0 Å². The van der Waals surface area contributed by atoms with Crippen LogP contribution in [0.5, 0.6) is 0 Å². The molecule has 1 fully saturated rings. The number of nitrogens with zero attached hydrogens (tertiary/aromatic N) is 5. The van der Waals surface area contributed by atoms with Gasteiger partial charge in [0.1, 0.15) is 18.9 Å². The Kier molecular flexibility index (Phi) is 5.34. The number of hydrogen-bond acceptors (Lipinski definition) is 7. The van der Waals surface area contributed by atoms with Crippen LogP contribution in [0.4, 0.5) is 0 Å². The van der Waals surface area contributed by atoms with E-state index in [1.807, 2.05) is 0 Å². The van der Waals surface area contributed by atoms with Crippen molar-refractivity contribution in [1.29, 1.82) is 0 Å². The van der Waals surface area contributed by atoms with Gasteiger partial charge in [-0.2, -0.15) is 0 Å². The second-order valence-corrected chi connectivity index (χ2v) is 5.96. The second-order valence-electron chi connectivity index (χ2n) is 5.96. The Labute approximate surface area is 152 Å². The number of pyridine rings is 1. The molecule has 3 heterocycles. The number of carbonyl (C=O) groups excluding carboxylic acids is 1. The summed E-state index contributed by atoms with van der Waals surface area (Å²) in [4.78, 5) is 44.4.